The van der Waals surface area contributed by atoms with E-state index >= 15 is 0 Å². The Balaban J connectivity index is 2.33. The minimum absolute atomic E-state index is 0.102. The highest BCUT2D eigenvalue weighted by atomic mass is 19.4. The number of alkyl halides is 3. The van der Waals surface area contributed by atoms with Crippen molar-refractivity contribution in [3.8, 4) is 5.75 Å². The van der Waals surface area contributed by atoms with Gasteiger partial charge in [0.05, 0.1) is 22.8 Å². The molecule has 0 aliphatic rings. The third-order valence-electron chi connectivity index (χ3n) is 2.23. The first-order chi connectivity index (χ1) is 9.27. The molecule has 9 heteroatoms. The second kappa shape index (κ2) is 4.76. The Bertz CT molecular complexity index is 700. The van der Waals surface area contributed by atoms with Gasteiger partial charge < -0.3 is 10.5 Å². The average molecular weight is 285 g/mol. The Morgan fingerprint density at radius 2 is 1.70 bits per heavy atom. The van der Waals surface area contributed by atoms with Gasteiger partial charge in [0.15, 0.2) is 5.75 Å². The van der Waals surface area contributed by atoms with Crippen molar-refractivity contribution in [1.82, 2.24) is 9.97 Å². The van der Waals surface area contributed by atoms with Gasteiger partial charge in [-0.1, -0.05) is 0 Å². The first kappa shape index (κ1) is 13.7. The Kier molecular flexibility index (Phi) is 3.26. The van der Waals surface area contributed by atoms with Crippen LogP contribution >= 0.6 is 0 Å². The normalized spacial score (nSPS) is 11.3. The topological polar surface area (TPSA) is 95.2 Å². The van der Waals surface area contributed by atoms with Crippen LogP contribution in [0.5, 0.6) is 5.75 Å². The van der Waals surface area contributed by atoms with E-state index in [0.29, 0.717) is 0 Å². The maximum absolute atomic E-state index is 12.0. The zero-order valence-electron chi connectivity index (χ0n) is 9.64. The standard InChI is InChI=1S/C11H6F3N3O3/c12-11(13,14)10(19)20-6-2-8-7(17-4-6)1-5(3-16-8)9(15)18/h1-4H,(H2,15,18). The van der Waals surface area contributed by atoms with Crippen molar-refractivity contribution in [2.75, 3.05) is 0 Å². The molecule has 104 valence electrons. The Hall–Kier alpha value is -2.71. The molecule has 0 unspecified atom stereocenters. The summed E-state index contributed by atoms with van der Waals surface area (Å²) in [6.45, 7) is 0. The van der Waals surface area contributed by atoms with Crippen LogP contribution in [0.3, 0.4) is 0 Å². The minimum atomic E-state index is -5.10. The number of hydrogen-bond acceptors (Lipinski definition) is 5. The summed E-state index contributed by atoms with van der Waals surface area (Å²) in [5.74, 6) is -3.47. The minimum Gasteiger partial charge on any atom is -0.418 e. The van der Waals surface area contributed by atoms with Gasteiger partial charge in [-0.25, -0.2) is 4.79 Å². The lowest BCUT2D eigenvalue weighted by atomic mass is 10.2. The van der Waals surface area contributed by atoms with Gasteiger partial charge in [0.2, 0.25) is 5.91 Å². The van der Waals surface area contributed by atoms with Gasteiger partial charge in [-0.2, -0.15) is 13.2 Å². The zero-order valence-corrected chi connectivity index (χ0v) is 9.64. The molecule has 0 aromatic carbocycles. The van der Waals surface area contributed by atoms with Gasteiger partial charge in [-0.15, -0.1) is 0 Å². The number of amides is 1. The second-order valence-electron chi connectivity index (χ2n) is 3.68. The van der Waals surface area contributed by atoms with Crippen molar-refractivity contribution >= 4 is 22.9 Å². The van der Waals surface area contributed by atoms with Crippen molar-refractivity contribution in [2.24, 2.45) is 5.73 Å². The lowest BCUT2D eigenvalue weighted by Crippen LogP contribution is -2.28. The molecule has 0 saturated carbocycles. The van der Waals surface area contributed by atoms with Gasteiger partial charge in [0, 0.05) is 12.3 Å². The number of primary amides is 1. The lowest BCUT2D eigenvalue weighted by molar-refractivity contribution is -0.189. The van der Waals surface area contributed by atoms with Gasteiger partial charge in [0.1, 0.15) is 0 Å². The summed E-state index contributed by atoms with van der Waals surface area (Å²) in [7, 11) is 0. The van der Waals surface area contributed by atoms with Crippen molar-refractivity contribution in [3.63, 3.8) is 0 Å². The fourth-order valence-corrected chi connectivity index (χ4v) is 1.34. The molecule has 0 radical (unpaired) electrons. The maximum Gasteiger partial charge on any atom is 0.491 e. The molecule has 2 aromatic heterocycles. The van der Waals surface area contributed by atoms with E-state index in [4.69, 9.17) is 5.73 Å². The molecule has 2 heterocycles. The number of rotatable bonds is 2. The van der Waals surface area contributed by atoms with Crippen LogP contribution in [0.4, 0.5) is 13.2 Å². The highest BCUT2D eigenvalue weighted by Crippen LogP contribution is 2.22. The molecule has 6 nitrogen and oxygen atoms in total. The number of nitrogens with zero attached hydrogens (tertiary/aromatic N) is 2. The fourth-order valence-electron chi connectivity index (χ4n) is 1.34. The second-order valence-corrected chi connectivity index (χ2v) is 3.68. The number of ether oxygens (including phenoxy) is 1. The summed E-state index contributed by atoms with van der Waals surface area (Å²) < 4.78 is 40.2. The molecule has 0 spiro atoms. The Morgan fingerprint density at radius 1 is 1.10 bits per heavy atom. The first-order valence-electron chi connectivity index (χ1n) is 5.12. The molecule has 2 rings (SSSR count). The first-order valence-corrected chi connectivity index (χ1v) is 5.12. The maximum atomic E-state index is 12.0. The van der Waals surface area contributed by atoms with E-state index in [-0.39, 0.29) is 16.6 Å². The third kappa shape index (κ3) is 2.82. The van der Waals surface area contributed by atoms with E-state index in [1.807, 2.05) is 0 Å². The molecule has 20 heavy (non-hydrogen) atoms. The lowest BCUT2D eigenvalue weighted by Gasteiger charge is -2.07. The van der Waals surface area contributed by atoms with Crippen molar-refractivity contribution < 1.29 is 27.5 Å². The number of fused-ring (bicyclic) bond motifs is 1. The number of pyridine rings is 2. The van der Waals surface area contributed by atoms with Crippen molar-refractivity contribution in [3.05, 3.63) is 30.1 Å². The van der Waals surface area contributed by atoms with Crippen LogP contribution in [0.2, 0.25) is 0 Å². The number of esters is 1. The summed E-state index contributed by atoms with van der Waals surface area (Å²) in [6.07, 6.45) is -3.04. The molecule has 0 aliphatic heterocycles. The average Bonchev–Trinajstić information content (AvgIpc) is 2.36. The van der Waals surface area contributed by atoms with Crippen molar-refractivity contribution in [1.29, 1.82) is 0 Å². The molecular formula is C11H6F3N3O3. The monoisotopic (exact) mass is 285 g/mol. The molecule has 2 N–H and O–H groups in total. The van der Waals surface area contributed by atoms with Crippen LogP contribution in [-0.4, -0.2) is 28.0 Å². The largest absolute Gasteiger partial charge is 0.491 e. The SMILES string of the molecule is NC(=O)c1cnc2cc(OC(=O)C(F)(F)F)cnc2c1. The molecule has 0 aliphatic carbocycles. The predicted octanol–water partition coefficient (Wildman–Crippen LogP) is 1.20. The predicted molar refractivity (Wildman–Crippen MR) is 59.7 cm³/mol. The van der Waals surface area contributed by atoms with Crippen LogP contribution in [-0.2, 0) is 4.79 Å². The molecule has 0 saturated heterocycles. The number of nitrogens with two attached hydrogens (primary N) is 1. The van der Waals surface area contributed by atoms with Gasteiger partial charge >= 0.3 is 12.1 Å². The van der Waals surface area contributed by atoms with E-state index in [9.17, 15) is 22.8 Å². The van der Waals surface area contributed by atoms with Gasteiger partial charge in [-0.05, 0) is 6.07 Å². The van der Waals surface area contributed by atoms with E-state index in [1.165, 1.54) is 6.07 Å². The molecule has 0 fully saturated rings. The zero-order chi connectivity index (χ0) is 14.9. The third-order valence-corrected chi connectivity index (χ3v) is 2.23. The number of carbonyl (C=O) groups is 2. The quantitative estimate of drug-likeness (QED) is 0.836. The molecular weight excluding hydrogens is 279 g/mol. The summed E-state index contributed by atoms with van der Waals surface area (Å²) in [5, 5.41) is 0. The highest BCUT2D eigenvalue weighted by molar-refractivity contribution is 5.95. The smallest absolute Gasteiger partial charge is 0.418 e. The number of carbonyl (C=O) groups excluding carboxylic acids is 2. The summed E-state index contributed by atoms with van der Waals surface area (Å²) >= 11 is 0. The van der Waals surface area contributed by atoms with Gasteiger partial charge in [-0.3, -0.25) is 14.8 Å². The van der Waals surface area contributed by atoms with Gasteiger partial charge in [0.25, 0.3) is 0 Å². The van der Waals surface area contributed by atoms with E-state index in [2.05, 4.69) is 14.7 Å². The van der Waals surface area contributed by atoms with E-state index in [0.717, 1.165) is 18.5 Å². The summed E-state index contributed by atoms with van der Waals surface area (Å²) in [6, 6.07) is 2.41. The summed E-state index contributed by atoms with van der Waals surface area (Å²) in [5.41, 5.74) is 5.53. The van der Waals surface area contributed by atoms with Crippen LogP contribution in [0, 0.1) is 0 Å². The molecule has 2 aromatic rings. The molecule has 0 atom stereocenters. The van der Waals surface area contributed by atoms with Crippen LogP contribution < -0.4 is 10.5 Å². The molecule has 1 amide bonds. The summed E-state index contributed by atoms with van der Waals surface area (Å²) in [4.78, 5) is 29.1. The fraction of sp³-hybridized carbons (Fsp3) is 0.0909. The number of halogens is 3. The van der Waals surface area contributed by atoms with Crippen LogP contribution in [0.25, 0.3) is 11.0 Å². The molecule has 0 bridgehead atoms. The highest BCUT2D eigenvalue weighted by Gasteiger charge is 2.41. The van der Waals surface area contributed by atoms with E-state index < -0.39 is 23.8 Å². The van der Waals surface area contributed by atoms with Crippen molar-refractivity contribution in [2.45, 2.75) is 6.18 Å². The Labute approximate surface area is 109 Å². The van der Waals surface area contributed by atoms with Crippen LogP contribution in [0.1, 0.15) is 10.4 Å². The Morgan fingerprint density at radius 3 is 2.30 bits per heavy atom. The van der Waals surface area contributed by atoms with E-state index in [1.54, 1.807) is 0 Å². The number of hydrogen-bond donors (Lipinski definition) is 1. The number of aromatic nitrogens is 2. The van der Waals surface area contributed by atoms with Crippen LogP contribution in [0.15, 0.2) is 24.5 Å².